The topological polar surface area (TPSA) is 78.9 Å². The Morgan fingerprint density at radius 3 is 2.24 bits per heavy atom. The highest BCUT2D eigenvalue weighted by Gasteiger charge is 2.31. The van der Waals surface area contributed by atoms with Crippen LogP contribution >= 0.6 is 0 Å². The molecule has 0 spiro atoms. The highest BCUT2D eigenvalue weighted by molar-refractivity contribution is 5.77. The molecule has 2 aromatic rings. The van der Waals surface area contributed by atoms with Gasteiger partial charge in [-0.2, -0.15) is 0 Å². The minimum absolute atomic E-state index is 0.206. The number of ether oxygens (including phenoxy) is 1. The van der Waals surface area contributed by atoms with Gasteiger partial charge in [0.1, 0.15) is 13.2 Å². The van der Waals surface area contributed by atoms with Gasteiger partial charge in [0, 0.05) is 18.5 Å². The summed E-state index contributed by atoms with van der Waals surface area (Å²) in [6, 6.07) is 22.2. The number of likely N-dealkylation sites (tertiary alicyclic amines) is 1. The van der Waals surface area contributed by atoms with Gasteiger partial charge in [0.25, 0.3) is 0 Å². The summed E-state index contributed by atoms with van der Waals surface area (Å²) in [5, 5.41) is 11.3. The van der Waals surface area contributed by atoms with Gasteiger partial charge in [-0.1, -0.05) is 73.5 Å². The number of piperidine rings is 1. The lowest BCUT2D eigenvalue weighted by atomic mass is 9.80. The summed E-state index contributed by atoms with van der Waals surface area (Å²) < 4.78 is 4.80. The summed E-state index contributed by atoms with van der Waals surface area (Å²) in [7, 11) is 0. The Hall–Kier alpha value is -2.70. The van der Waals surface area contributed by atoms with E-state index in [4.69, 9.17) is 9.84 Å². The Morgan fingerprint density at radius 2 is 1.61 bits per heavy atom. The molecule has 0 aromatic heterocycles. The number of carboxylic acid groups (broad SMARTS) is 1. The molecule has 0 bridgehead atoms. The Labute approximate surface area is 196 Å². The molecule has 1 aliphatic heterocycles. The van der Waals surface area contributed by atoms with Crippen LogP contribution in [-0.4, -0.2) is 60.8 Å². The predicted molar refractivity (Wildman–Crippen MR) is 129 cm³/mol. The van der Waals surface area contributed by atoms with Crippen molar-refractivity contribution in [3.05, 3.63) is 71.8 Å². The number of aliphatic carboxylic acids is 1. The van der Waals surface area contributed by atoms with Crippen molar-refractivity contribution in [2.75, 3.05) is 32.8 Å². The molecule has 1 saturated heterocycles. The third kappa shape index (κ3) is 8.30. The first-order valence-corrected chi connectivity index (χ1v) is 12.1. The lowest BCUT2D eigenvalue weighted by Crippen LogP contribution is -2.44. The molecule has 1 unspecified atom stereocenters. The molecule has 0 aliphatic carbocycles. The van der Waals surface area contributed by atoms with Crippen LogP contribution < -0.4 is 5.32 Å². The molecular weight excluding hydrogens is 416 g/mol. The van der Waals surface area contributed by atoms with E-state index < -0.39 is 12.6 Å². The van der Waals surface area contributed by atoms with Crippen LogP contribution in [0.25, 0.3) is 0 Å². The zero-order chi connectivity index (χ0) is 23.3. The molecule has 178 valence electrons. The summed E-state index contributed by atoms with van der Waals surface area (Å²) in [6.07, 6.45) is 6.77. The summed E-state index contributed by atoms with van der Waals surface area (Å²) in [5.74, 6) is -0.959. The molecule has 1 amide bonds. The molecule has 0 radical (unpaired) electrons. The SMILES string of the molecule is O=C(O)COCC(=O)NCCCCCN1CCCCC1C(c1ccccc1)c1ccccc1. The first-order valence-electron chi connectivity index (χ1n) is 12.1. The molecule has 2 aromatic carbocycles. The van der Waals surface area contributed by atoms with Gasteiger partial charge in [0.05, 0.1) is 0 Å². The van der Waals surface area contributed by atoms with E-state index in [1.807, 2.05) is 0 Å². The van der Waals surface area contributed by atoms with Gasteiger partial charge in [-0.3, -0.25) is 9.69 Å². The fraction of sp³-hybridized carbons (Fsp3) is 0.481. The number of benzene rings is 2. The number of amides is 1. The van der Waals surface area contributed by atoms with Crippen LogP contribution in [0.3, 0.4) is 0 Å². The molecule has 6 heteroatoms. The van der Waals surface area contributed by atoms with Crippen molar-refractivity contribution in [1.82, 2.24) is 10.2 Å². The minimum Gasteiger partial charge on any atom is -0.480 e. The molecule has 1 atom stereocenters. The summed E-state index contributed by atoms with van der Waals surface area (Å²) in [5.41, 5.74) is 2.77. The molecule has 1 fully saturated rings. The van der Waals surface area contributed by atoms with Gasteiger partial charge in [0.15, 0.2) is 0 Å². The van der Waals surface area contributed by atoms with Crippen LogP contribution in [0, 0.1) is 0 Å². The van der Waals surface area contributed by atoms with Gasteiger partial charge in [-0.25, -0.2) is 4.79 Å². The first kappa shape index (κ1) is 24.9. The third-order valence-electron chi connectivity index (χ3n) is 6.27. The van der Waals surface area contributed by atoms with Gasteiger partial charge in [-0.15, -0.1) is 0 Å². The second kappa shape index (κ2) is 13.8. The number of hydrogen-bond donors (Lipinski definition) is 2. The largest absolute Gasteiger partial charge is 0.480 e. The average Bonchev–Trinajstić information content (AvgIpc) is 2.83. The first-order chi connectivity index (χ1) is 16.1. The van der Waals surface area contributed by atoms with E-state index in [-0.39, 0.29) is 12.5 Å². The summed E-state index contributed by atoms with van der Waals surface area (Å²) >= 11 is 0. The van der Waals surface area contributed by atoms with E-state index in [1.165, 1.54) is 30.4 Å². The van der Waals surface area contributed by atoms with Crippen molar-refractivity contribution >= 4 is 11.9 Å². The summed E-state index contributed by atoms with van der Waals surface area (Å²) in [6.45, 7) is 2.14. The van der Waals surface area contributed by atoms with Crippen LogP contribution in [0.15, 0.2) is 60.7 Å². The monoisotopic (exact) mass is 452 g/mol. The smallest absolute Gasteiger partial charge is 0.329 e. The molecule has 1 heterocycles. The zero-order valence-electron chi connectivity index (χ0n) is 19.3. The highest BCUT2D eigenvalue weighted by Crippen LogP contribution is 2.35. The number of nitrogens with one attached hydrogen (secondary N) is 1. The van der Waals surface area contributed by atoms with Crippen molar-refractivity contribution in [3.8, 4) is 0 Å². The standard InChI is InChI=1S/C27H36N2O4/c30-25(20-33-21-26(31)32)28-17-9-3-10-18-29-19-11-8-16-24(29)27(22-12-4-1-5-13-22)23-14-6-2-7-15-23/h1-2,4-7,12-15,24,27H,3,8-11,16-21H2,(H,28,30)(H,31,32). The third-order valence-corrected chi connectivity index (χ3v) is 6.27. The van der Waals surface area contributed by atoms with Gasteiger partial charge >= 0.3 is 5.97 Å². The Bertz CT molecular complexity index is 804. The van der Waals surface area contributed by atoms with Gasteiger partial charge in [0.2, 0.25) is 5.91 Å². The van der Waals surface area contributed by atoms with Crippen molar-refractivity contribution in [2.45, 2.75) is 50.5 Å². The molecular formula is C27H36N2O4. The molecule has 0 saturated carbocycles. The number of carboxylic acids is 1. The van der Waals surface area contributed by atoms with Crippen LogP contribution in [0.1, 0.15) is 55.6 Å². The summed E-state index contributed by atoms with van der Waals surface area (Å²) in [4.78, 5) is 24.7. The van der Waals surface area contributed by atoms with Crippen molar-refractivity contribution in [2.24, 2.45) is 0 Å². The van der Waals surface area contributed by atoms with Crippen LogP contribution in [0.5, 0.6) is 0 Å². The zero-order valence-corrected chi connectivity index (χ0v) is 19.3. The van der Waals surface area contributed by atoms with E-state index in [1.54, 1.807) is 0 Å². The maximum Gasteiger partial charge on any atom is 0.329 e. The molecule has 33 heavy (non-hydrogen) atoms. The van der Waals surface area contributed by atoms with Crippen LogP contribution in [0.2, 0.25) is 0 Å². The normalized spacial score (nSPS) is 16.6. The number of carbonyl (C=O) groups is 2. The fourth-order valence-corrected chi connectivity index (χ4v) is 4.76. The van der Waals surface area contributed by atoms with E-state index in [0.29, 0.717) is 18.5 Å². The molecule has 6 nitrogen and oxygen atoms in total. The number of rotatable bonds is 13. The maximum absolute atomic E-state index is 11.7. The second-order valence-electron chi connectivity index (χ2n) is 8.70. The number of hydrogen-bond acceptors (Lipinski definition) is 4. The molecule has 2 N–H and O–H groups in total. The predicted octanol–water partition coefficient (Wildman–Crippen LogP) is 4.06. The van der Waals surface area contributed by atoms with Crippen LogP contribution in [-0.2, 0) is 14.3 Å². The number of unbranched alkanes of at least 4 members (excludes halogenated alkanes) is 2. The van der Waals surface area contributed by atoms with Gasteiger partial charge < -0.3 is 15.2 Å². The van der Waals surface area contributed by atoms with Gasteiger partial charge in [-0.05, 0) is 49.9 Å². The van der Waals surface area contributed by atoms with Crippen molar-refractivity contribution in [1.29, 1.82) is 0 Å². The molecule has 1 aliphatic rings. The van der Waals surface area contributed by atoms with E-state index in [2.05, 4.69) is 70.9 Å². The fourth-order valence-electron chi connectivity index (χ4n) is 4.76. The number of nitrogens with zero attached hydrogens (tertiary/aromatic N) is 1. The Balaban J connectivity index is 1.49. The van der Waals surface area contributed by atoms with E-state index >= 15 is 0 Å². The highest BCUT2D eigenvalue weighted by atomic mass is 16.5. The Morgan fingerprint density at radius 1 is 0.939 bits per heavy atom. The maximum atomic E-state index is 11.7. The quantitative estimate of drug-likeness (QED) is 0.448. The molecule has 3 rings (SSSR count). The average molecular weight is 453 g/mol. The Kier molecular flexibility index (Phi) is 10.4. The minimum atomic E-state index is -1.07. The number of carbonyl (C=O) groups excluding carboxylic acids is 1. The lowest BCUT2D eigenvalue weighted by molar-refractivity contribution is -0.143. The lowest BCUT2D eigenvalue weighted by Gasteiger charge is -2.41. The van der Waals surface area contributed by atoms with Crippen molar-refractivity contribution in [3.63, 3.8) is 0 Å². The van der Waals surface area contributed by atoms with E-state index in [0.717, 1.165) is 32.4 Å². The van der Waals surface area contributed by atoms with E-state index in [9.17, 15) is 9.59 Å². The van der Waals surface area contributed by atoms with Crippen molar-refractivity contribution < 1.29 is 19.4 Å². The second-order valence-corrected chi connectivity index (χ2v) is 8.70. The van der Waals surface area contributed by atoms with Crippen LogP contribution in [0.4, 0.5) is 0 Å².